The van der Waals surface area contributed by atoms with Crippen LogP contribution in [-0.4, -0.2) is 35.0 Å². The highest BCUT2D eigenvalue weighted by Gasteiger charge is 2.26. The summed E-state index contributed by atoms with van der Waals surface area (Å²) < 4.78 is 59.3. The van der Waals surface area contributed by atoms with Crippen molar-refractivity contribution >= 4 is 43.0 Å². The lowest BCUT2D eigenvalue weighted by atomic mass is 10.0. The molecule has 0 aromatic heterocycles. The van der Waals surface area contributed by atoms with Crippen LogP contribution in [0.5, 0.6) is 5.75 Å². The highest BCUT2D eigenvalue weighted by atomic mass is 32.2. The number of amides is 1. The van der Waals surface area contributed by atoms with E-state index in [2.05, 4.69) is 15.2 Å². The number of sulfonamides is 1. The molecule has 0 radical (unpaired) electrons. The van der Waals surface area contributed by atoms with Crippen molar-refractivity contribution in [3.8, 4) is 5.75 Å². The van der Waals surface area contributed by atoms with Gasteiger partial charge in [0.05, 0.1) is 11.1 Å². The molecule has 11 heteroatoms. The van der Waals surface area contributed by atoms with Gasteiger partial charge in [-0.3, -0.25) is 4.79 Å². The highest BCUT2D eigenvalue weighted by Crippen LogP contribution is 2.23. The van der Waals surface area contributed by atoms with Crippen molar-refractivity contribution in [1.82, 2.24) is 10.1 Å². The third-order valence-corrected chi connectivity index (χ3v) is 8.85. The zero-order chi connectivity index (χ0) is 29.6. The van der Waals surface area contributed by atoms with Crippen molar-refractivity contribution in [2.75, 3.05) is 0 Å². The minimum atomic E-state index is -4.10. The van der Waals surface area contributed by atoms with Gasteiger partial charge in [0.2, 0.25) is 10.0 Å². The Bertz CT molecular complexity index is 1780. The summed E-state index contributed by atoms with van der Waals surface area (Å²) >= 11 is 0. The Kier molecular flexibility index (Phi) is 9.21. The molecule has 0 aliphatic carbocycles. The Balaban J connectivity index is 1.44. The van der Waals surface area contributed by atoms with E-state index in [-0.39, 0.29) is 27.9 Å². The molecular weight excluding hydrogens is 562 g/mol. The summed E-state index contributed by atoms with van der Waals surface area (Å²) in [6.45, 7) is 5.60. The highest BCUT2D eigenvalue weighted by molar-refractivity contribution is 7.89. The molecule has 0 saturated carbocycles. The number of carbonyl (C=O) groups excluding carboxylic acids is 1. The number of nitrogens with zero attached hydrogens (tertiary/aromatic N) is 1. The predicted molar refractivity (Wildman–Crippen MR) is 159 cm³/mol. The standard InChI is InChI=1S/C30H31N3O6S2/c1-21(2)17-29(33-40(35,36)27-14-11-22(3)12-15-27)30(34)32-31-20-23-7-6-10-26(18-23)39-41(37,38)28-16-13-24-8-4-5-9-25(24)19-28/h4-16,18-21,29,33H,17H2,1-3H3,(H,32,34)/b31-20-/t29-/m1/s1. The number of hydrogen-bond donors (Lipinski definition) is 2. The molecule has 4 aromatic carbocycles. The maximum absolute atomic E-state index is 12.9. The van der Waals surface area contributed by atoms with Gasteiger partial charge in [0.15, 0.2) is 0 Å². The van der Waals surface area contributed by atoms with Gasteiger partial charge in [0.1, 0.15) is 16.7 Å². The molecule has 214 valence electrons. The summed E-state index contributed by atoms with van der Waals surface area (Å²) in [5, 5.41) is 5.63. The zero-order valence-corrected chi connectivity index (χ0v) is 24.4. The number of rotatable bonds is 11. The van der Waals surface area contributed by atoms with E-state index in [0.717, 1.165) is 16.3 Å². The predicted octanol–water partition coefficient (Wildman–Crippen LogP) is 4.76. The molecule has 0 aliphatic rings. The normalized spacial score (nSPS) is 13.0. The van der Waals surface area contributed by atoms with Crippen molar-refractivity contribution in [1.29, 1.82) is 0 Å². The zero-order valence-electron chi connectivity index (χ0n) is 22.8. The van der Waals surface area contributed by atoms with Crippen LogP contribution in [0.1, 0.15) is 31.4 Å². The van der Waals surface area contributed by atoms with Crippen LogP contribution in [0.3, 0.4) is 0 Å². The number of hydrogen-bond acceptors (Lipinski definition) is 7. The van der Waals surface area contributed by atoms with Crippen molar-refractivity contribution < 1.29 is 25.8 Å². The summed E-state index contributed by atoms with van der Waals surface area (Å²) in [5.41, 5.74) is 3.74. The van der Waals surface area contributed by atoms with Crippen LogP contribution in [0.4, 0.5) is 0 Å². The van der Waals surface area contributed by atoms with E-state index in [1.54, 1.807) is 36.4 Å². The average molecular weight is 594 g/mol. The second-order valence-electron chi connectivity index (χ2n) is 9.97. The van der Waals surface area contributed by atoms with Gasteiger partial charge in [-0.15, -0.1) is 0 Å². The molecule has 1 amide bonds. The number of benzene rings is 4. The fourth-order valence-corrected chi connectivity index (χ4v) is 6.21. The molecule has 0 heterocycles. The first-order valence-electron chi connectivity index (χ1n) is 12.9. The van der Waals surface area contributed by atoms with Crippen LogP contribution in [-0.2, 0) is 24.9 Å². The molecule has 0 saturated heterocycles. The molecule has 0 aliphatic heterocycles. The average Bonchev–Trinajstić information content (AvgIpc) is 2.92. The first kappa shape index (κ1) is 29.9. The van der Waals surface area contributed by atoms with Crippen LogP contribution in [0, 0.1) is 12.8 Å². The van der Waals surface area contributed by atoms with Gasteiger partial charge in [-0.2, -0.15) is 18.2 Å². The molecule has 4 aromatic rings. The minimum Gasteiger partial charge on any atom is -0.379 e. The Morgan fingerprint density at radius 1 is 0.854 bits per heavy atom. The Morgan fingerprint density at radius 3 is 2.24 bits per heavy atom. The maximum Gasteiger partial charge on any atom is 0.339 e. The SMILES string of the molecule is Cc1ccc(S(=O)(=O)N[C@H](CC(C)C)C(=O)N/N=C\c2cccc(OS(=O)(=O)c3ccc4ccccc4c3)c2)cc1. The van der Waals surface area contributed by atoms with Crippen LogP contribution >= 0.6 is 0 Å². The van der Waals surface area contributed by atoms with Gasteiger partial charge < -0.3 is 4.18 Å². The first-order chi connectivity index (χ1) is 19.4. The lowest BCUT2D eigenvalue weighted by Gasteiger charge is -2.19. The molecule has 9 nitrogen and oxygen atoms in total. The Labute approximate surface area is 240 Å². The summed E-state index contributed by atoms with van der Waals surface area (Å²) in [5.74, 6) is -0.539. The van der Waals surface area contributed by atoms with Crippen molar-refractivity contribution in [3.63, 3.8) is 0 Å². The molecule has 0 unspecified atom stereocenters. The van der Waals surface area contributed by atoms with Crippen LogP contribution in [0.25, 0.3) is 10.8 Å². The number of fused-ring (bicyclic) bond motifs is 1. The van der Waals surface area contributed by atoms with Gasteiger partial charge in [-0.25, -0.2) is 13.8 Å². The van der Waals surface area contributed by atoms with Gasteiger partial charge in [0, 0.05) is 0 Å². The van der Waals surface area contributed by atoms with Crippen molar-refractivity contribution in [2.24, 2.45) is 11.0 Å². The van der Waals surface area contributed by atoms with E-state index >= 15 is 0 Å². The molecule has 0 fully saturated rings. The fourth-order valence-electron chi connectivity index (χ4n) is 4.05. The van der Waals surface area contributed by atoms with E-state index in [9.17, 15) is 21.6 Å². The first-order valence-corrected chi connectivity index (χ1v) is 15.8. The van der Waals surface area contributed by atoms with Crippen molar-refractivity contribution in [2.45, 2.75) is 43.0 Å². The van der Waals surface area contributed by atoms with Crippen LogP contribution in [0.2, 0.25) is 0 Å². The van der Waals surface area contributed by atoms with E-state index in [1.165, 1.54) is 36.5 Å². The van der Waals surface area contributed by atoms with Gasteiger partial charge in [0.25, 0.3) is 5.91 Å². The molecule has 41 heavy (non-hydrogen) atoms. The minimum absolute atomic E-state index is 0.0202. The smallest absolute Gasteiger partial charge is 0.339 e. The fraction of sp³-hybridized carbons (Fsp3) is 0.200. The van der Waals surface area contributed by atoms with Gasteiger partial charge in [-0.05, 0) is 72.0 Å². The third kappa shape index (κ3) is 8.00. The number of nitrogens with one attached hydrogen (secondary N) is 2. The monoisotopic (exact) mass is 593 g/mol. The lowest BCUT2D eigenvalue weighted by Crippen LogP contribution is -2.46. The molecule has 1 atom stereocenters. The molecule has 0 spiro atoms. The van der Waals surface area contributed by atoms with E-state index in [4.69, 9.17) is 4.18 Å². The third-order valence-electron chi connectivity index (χ3n) is 6.11. The summed E-state index contributed by atoms with van der Waals surface area (Å²) in [7, 11) is -8.04. The molecule has 0 bridgehead atoms. The second-order valence-corrected chi connectivity index (χ2v) is 13.2. The largest absolute Gasteiger partial charge is 0.379 e. The molecule has 2 N–H and O–H groups in total. The van der Waals surface area contributed by atoms with Crippen molar-refractivity contribution in [3.05, 3.63) is 102 Å². The Morgan fingerprint density at radius 2 is 1.54 bits per heavy atom. The maximum atomic E-state index is 12.9. The van der Waals surface area contributed by atoms with E-state index in [1.807, 2.05) is 45.0 Å². The number of carbonyl (C=O) groups is 1. The van der Waals surface area contributed by atoms with E-state index in [0.29, 0.717) is 5.56 Å². The quantitative estimate of drug-likeness (QED) is 0.147. The van der Waals surface area contributed by atoms with Crippen LogP contribution < -0.4 is 14.3 Å². The van der Waals surface area contributed by atoms with E-state index < -0.39 is 32.1 Å². The molecule has 4 rings (SSSR count). The second kappa shape index (κ2) is 12.6. The van der Waals surface area contributed by atoms with Gasteiger partial charge in [-0.1, -0.05) is 74.0 Å². The Hall–Kier alpha value is -4.06. The summed E-state index contributed by atoms with van der Waals surface area (Å²) in [4.78, 5) is 13.0. The lowest BCUT2D eigenvalue weighted by molar-refractivity contribution is -0.123. The summed E-state index contributed by atoms with van der Waals surface area (Å²) in [6, 6.07) is 23.6. The summed E-state index contributed by atoms with van der Waals surface area (Å²) in [6.07, 6.45) is 1.57. The number of aryl methyl sites for hydroxylation is 1. The topological polar surface area (TPSA) is 131 Å². The number of hydrazone groups is 1. The molecular formula is C30H31N3O6S2. The van der Waals surface area contributed by atoms with Gasteiger partial charge >= 0.3 is 10.1 Å². The van der Waals surface area contributed by atoms with Crippen LogP contribution in [0.15, 0.2) is 106 Å².